The van der Waals surface area contributed by atoms with Crippen LogP contribution in [0.15, 0.2) is 30.3 Å². The van der Waals surface area contributed by atoms with E-state index < -0.39 is 21.2 Å². The third-order valence-corrected chi connectivity index (χ3v) is 3.61. The SMILES string of the molecule is CCC(CS(=O)(=O)Cl)NC(=O)OCc1ccccc1. The van der Waals surface area contributed by atoms with Gasteiger partial charge in [0.15, 0.2) is 0 Å². The van der Waals surface area contributed by atoms with E-state index in [0.717, 1.165) is 5.56 Å². The number of carbonyl (C=O) groups excluding carboxylic acids is 1. The van der Waals surface area contributed by atoms with Crippen LogP contribution in [0.2, 0.25) is 0 Å². The summed E-state index contributed by atoms with van der Waals surface area (Å²) in [5.41, 5.74) is 0.857. The average molecular weight is 306 g/mol. The highest BCUT2D eigenvalue weighted by molar-refractivity contribution is 8.13. The van der Waals surface area contributed by atoms with Gasteiger partial charge >= 0.3 is 6.09 Å². The van der Waals surface area contributed by atoms with Crippen LogP contribution in [0, 0.1) is 0 Å². The number of hydrogen-bond donors (Lipinski definition) is 1. The summed E-state index contributed by atoms with van der Waals surface area (Å²) in [6.07, 6.45) is -0.206. The van der Waals surface area contributed by atoms with E-state index in [9.17, 15) is 13.2 Å². The van der Waals surface area contributed by atoms with Gasteiger partial charge in [-0.1, -0.05) is 37.3 Å². The van der Waals surface area contributed by atoms with Crippen LogP contribution in [-0.2, 0) is 20.4 Å². The molecule has 0 fully saturated rings. The van der Waals surface area contributed by atoms with E-state index in [1.54, 1.807) is 6.92 Å². The van der Waals surface area contributed by atoms with Crippen LogP contribution in [0.5, 0.6) is 0 Å². The van der Waals surface area contributed by atoms with Gasteiger partial charge < -0.3 is 10.1 Å². The van der Waals surface area contributed by atoms with Crippen molar-refractivity contribution < 1.29 is 17.9 Å². The van der Waals surface area contributed by atoms with Gasteiger partial charge in [-0.25, -0.2) is 13.2 Å². The molecule has 1 amide bonds. The first-order valence-corrected chi connectivity index (χ1v) is 8.28. The summed E-state index contributed by atoms with van der Waals surface area (Å²) in [4.78, 5) is 11.5. The summed E-state index contributed by atoms with van der Waals surface area (Å²) in [7, 11) is 1.50. The number of rotatable bonds is 6. The van der Waals surface area contributed by atoms with Crippen LogP contribution in [-0.4, -0.2) is 26.3 Å². The fourth-order valence-corrected chi connectivity index (χ4v) is 2.69. The molecule has 0 spiro atoms. The minimum Gasteiger partial charge on any atom is -0.445 e. The first-order valence-electron chi connectivity index (χ1n) is 5.80. The van der Waals surface area contributed by atoms with Crippen LogP contribution in [0.1, 0.15) is 18.9 Å². The van der Waals surface area contributed by atoms with Crippen LogP contribution in [0.25, 0.3) is 0 Å². The molecule has 1 rings (SSSR count). The van der Waals surface area contributed by atoms with E-state index in [-0.39, 0.29) is 12.4 Å². The molecule has 5 nitrogen and oxygen atoms in total. The smallest absolute Gasteiger partial charge is 0.407 e. The van der Waals surface area contributed by atoms with Gasteiger partial charge in [0, 0.05) is 16.7 Å². The Morgan fingerprint density at radius 2 is 2.00 bits per heavy atom. The number of nitrogens with one attached hydrogen (secondary N) is 1. The third-order valence-electron chi connectivity index (χ3n) is 2.43. The molecule has 0 aliphatic rings. The molecule has 0 bridgehead atoms. The molecule has 0 aliphatic heterocycles. The number of benzene rings is 1. The third kappa shape index (κ3) is 7.03. The molecule has 1 aromatic rings. The van der Waals surface area contributed by atoms with Crippen molar-refractivity contribution in [2.45, 2.75) is 26.0 Å². The zero-order valence-corrected chi connectivity index (χ0v) is 12.1. The Morgan fingerprint density at radius 1 is 1.37 bits per heavy atom. The van der Waals surface area contributed by atoms with E-state index in [1.165, 1.54) is 0 Å². The standard InChI is InChI=1S/C12H16ClNO4S/c1-2-11(9-19(13,16)17)14-12(15)18-8-10-6-4-3-5-7-10/h3-7,11H,2,8-9H2,1H3,(H,14,15). The summed E-state index contributed by atoms with van der Waals surface area (Å²) < 4.78 is 26.9. The lowest BCUT2D eigenvalue weighted by Gasteiger charge is -2.15. The maximum Gasteiger partial charge on any atom is 0.407 e. The maximum atomic E-state index is 11.5. The van der Waals surface area contributed by atoms with Gasteiger partial charge in [-0.2, -0.15) is 0 Å². The summed E-state index contributed by atoms with van der Waals surface area (Å²) in [5, 5.41) is 2.47. The Morgan fingerprint density at radius 3 is 2.53 bits per heavy atom. The topological polar surface area (TPSA) is 72.5 Å². The lowest BCUT2D eigenvalue weighted by Crippen LogP contribution is -2.38. The number of amides is 1. The fourth-order valence-electron chi connectivity index (χ4n) is 1.43. The van der Waals surface area contributed by atoms with Crippen molar-refractivity contribution in [3.05, 3.63) is 35.9 Å². The van der Waals surface area contributed by atoms with Gasteiger partial charge in [-0.15, -0.1) is 0 Å². The van der Waals surface area contributed by atoms with E-state index in [4.69, 9.17) is 15.4 Å². The predicted octanol–water partition coefficient (Wildman–Crippen LogP) is 2.26. The largest absolute Gasteiger partial charge is 0.445 e. The highest BCUT2D eigenvalue weighted by Crippen LogP contribution is 2.04. The van der Waals surface area contributed by atoms with Crippen LogP contribution >= 0.6 is 10.7 Å². The van der Waals surface area contributed by atoms with Gasteiger partial charge in [0.1, 0.15) is 6.61 Å². The molecule has 0 saturated heterocycles. The van der Waals surface area contributed by atoms with Gasteiger partial charge in [0.25, 0.3) is 0 Å². The molecular weight excluding hydrogens is 290 g/mol. The van der Waals surface area contributed by atoms with Crippen LogP contribution in [0.4, 0.5) is 4.79 Å². The lowest BCUT2D eigenvalue weighted by atomic mass is 10.2. The van der Waals surface area contributed by atoms with Crippen molar-refractivity contribution in [2.75, 3.05) is 5.75 Å². The zero-order valence-electron chi connectivity index (χ0n) is 10.5. The molecule has 1 unspecified atom stereocenters. The number of ether oxygens (including phenoxy) is 1. The molecule has 106 valence electrons. The first-order chi connectivity index (χ1) is 8.90. The van der Waals surface area contributed by atoms with Crippen molar-refractivity contribution in [1.82, 2.24) is 5.32 Å². The minimum absolute atomic E-state index is 0.136. The van der Waals surface area contributed by atoms with E-state index in [1.807, 2.05) is 30.3 Å². The van der Waals surface area contributed by atoms with Crippen LogP contribution in [0.3, 0.4) is 0 Å². The quantitative estimate of drug-likeness (QED) is 0.818. The molecule has 1 N–H and O–H groups in total. The number of carbonyl (C=O) groups is 1. The van der Waals surface area contributed by atoms with E-state index in [0.29, 0.717) is 6.42 Å². The zero-order chi connectivity index (χ0) is 14.3. The van der Waals surface area contributed by atoms with Crippen molar-refractivity contribution in [2.24, 2.45) is 0 Å². The van der Waals surface area contributed by atoms with E-state index in [2.05, 4.69) is 5.32 Å². The summed E-state index contributed by atoms with van der Waals surface area (Å²) in [5.74, 6) is -0.314. The number of alkyl carbamates (subject to hydrolysis) is 1. The van der Waals surface area contributed by atoms with Crippen molar-refractivity contribution in [3.63, 3.8) is 0 Å². The molecule has 1 atom stereocenters. The highest BCUT2D eigenvalue weighted by Gasteiger charge is 2.18. The van der Waals surface area contributed by atoms with Crippen molar-refractivity contribution in [3.8, 4) is 0 Å². The first kappa shape index (κ1) is 15.8. The van der Waals surface area contributed by atoms with Gasteiger partial charge in [-0.05, 0) is 12.0 Å². The summed E-state index contributed by atoms with van der Waals surface area (Å²) in [6, 6.07) is 8.64. The average Bonchev–Trinajstić information content (AvgIpc) is 2.35. The molecule has 0 aliphatic carbocycles. The normalized spacial score (nSPS) is 12.7. The summed E-state index contributed by atoms with van der Waals surface area (Å²) in [6.45, 7) is 1.89. The van der Waals surface area contributed by atoms with Gasteiger partial charge in [0.2, 0.25) is 9.05 Å². The van der Waals surface area contributed by atoms with E-state index >= 15 is 0 Å². The van der Waals surface area contributed by atoms with Crippen molar-refractivity contribution >= 4 is 25.8 Å². The second-order valence-electron chi connectivity index (χ2n) is 4.02. The van der Waals surface area contributed by atoms with Crippen LogP contribution < -0.4 is 5.32 Å². The highest BCUT2D eigenvalue weighted by atomic mass is 35.7. The number of halogens is 1. The molecule has 19 heavy (non-hydrogen) atoms. The lowest BCUT2D eigenvalue weighted by molar-refractivity contribution is 0.136. The van der Waals surface area contributed by atoms with Gasteiger partial charge in [0.05, 0.1) is 5.75 Å². The molecule has 0 radical (unpaired) electrons. The van der Waals surface area contributed by atoms with Crippen molar-refractivity contribution in [1.29, 1.82) is 0 Å². The molecule has 0 aromatic heterocycles. The molecule has 7 heteroatoms. The second kappa shape index (κ2) is 7.35. The second-order valence-corrected chi connectivity index (χ2v) is 6.84. The predicted molar refractivity (Wildman–Crippen MR) is 73.5 cm³/mol. The Kier molecular flexibility index (Phi) is 6.11. The minimum atomic E-state index is -3.65. The van der Waals surface area contributed by atoms with Gasteiger partial charge in [-0.3, -0.25) is 0 Å². The Bertz CT molecular complexity index is 504. The monoisotopic (exact) mass is 305 g/mol. The Hall–Kier alpha value is -1.27. The molecule has 0 heterocycles. The molecular formula is C12H16ClNO4S. The molecule has 1 aromatic carbocycles. The molecule has 0 saturated carbocycles. The number of hydrogen-bond acceptors (Lipinski definition) is 4. The Labute approximate surface area is 117 Å². The Balaban J connectivity index is 2.41. The maximum absolute atomic E-state index is 11.5. The fraction of sp³-hybridized carbons (Fsp3) is 0.417. The summed E-state index contributed by atoms with van der Waals surface area (Å²) >= 11 is 0.